The van der Waals surface area contributed by atoms with E-state index in [9.17, 15) is 4.79 Å². The molecule has 0 aliphatic rings. The standard InChI is InChI=1S/C16H25N3O2/c1-4-6-10-19(12(3)5-2)16(20)14-9-7-8-13(11-14)15(17)18-21/h7-9,11-12,21H,4-6,10H2,1-3H3,(H2,17,18). The van der Waals surface area contributed by atoms with Crippen LogP contribution in [0.2, 0.25) is 0 Å². The zero-order chi connectivity index (χ0) is 15.8. The number of oxime groups is 1. The summed E-state index contributed by atoms with van der Waals surface area (Å²) in [5.74, 6) is -0.00121. The van der Waals surface area contributed by atoms with Crippen LogP contribution >= 0.6 is 0 Å². The molecule has 0 saturated heterocycles. The number of carbonyl (C=O) groups excluding carboxylic acids is 1. The summed E-state index contributed by atoms with van der Waals surface area (Å²) < 4.78 is 0. The van der Waals surface area contributed by atoms with Crippen LogP contribution in [-0.2, 0) is 0 Å². The molecular weight excluding hydrogens is 266 g/mol. The molecule has 1 atom stereocenters. The summed E-state index contributed by atoms with van der Waals surface area (Å²) in [6.07, 6.45) is 2.94. The Morgan fingerprint density at radius 1 is 1.38 bits per heavy atom. The smallest absolute Gasteiger partial charge is 0.254 e. The summed E-state index contributed by atoms with van der Waals surface area (Å²) in [5, 5.41) is 11.7. The van der Waals surface area contributed by atoms with Crippen molar-refractivity contribution in [2.45, 2.75) is 46.1 Å². The molecule has 116 valence electrons. The van der Waals surface area contributed by atoms with Crippen LogP contribution in [0.5, 0.6) is 0 Å². The van der Waals surface area contributed by atoms with Crippen LogP contribution in [0.4, 0.5) is 0 Å². The number of hydrogen-bond acceptors (Lipinski definition) is 3. The normalized spacial score (nSPS) is 13.0. The van der Waals surface area contributed by atoms with E-state index in [0.717, 1.165) is 25.8 Å². The molecule has 1 aromatic rings. The van der Waals surface area contributed by atoms with Crippen molar-refractivity contribution in [2.24, 2.45) is 10.9 Å². The van der Waals surface area contributed by atoms with Gasteiger partial charge in [0.25, 0.3) is 5.91 Å². The average Bonchev–Trinajstić information content (AvgIpc) is 2.53. The number of amidine groups is 1. The lowest BCUT2D eigenvalue weighted by Gasteiger charge is -2.28. The molecule has 0 aliphatic carbocycles. The van der Waals surface area contributed by atoms with E-state index in [-0.39, 0.29) is 17.8 Å². The van der Waals surface area contributed by atoms with Crippen LogP contribution < -0.4 is 5.73 Å². The van der Waals surface area contributed by atoms with Gasteiger partial charge in [-0.15, -0.1) is 0 Å². The van der Waals surface area contributed by atoms with Crippen LogP contribution in [0.15, 0.2) is 29.4 Å². The Labute approximate surface area is 126 Å². The summed E-state index contributed by atoms with van der Waals surface area (Å²) in [4.78, 5) is 14.6. The minimum atomic E-state index is -0.00890. The fourth-order valence-corrected chi connectivity index (χ4v) is 2.11. The first kappa shape index (κ1) is 17.0. The Morgan fingerprint density at radius 3 is 2.62 bits per heavy atom. The molecule has 1 unspecified atom stereocenters. The number of unbranched alkanes of at least 4 members (excludes halogenated alkanes) is 1. The van der Waals surface area contributed by atoms with E-state index in [1.165, 1.54) is 0 Å². The van der Waals surface area contributed by atoms with E-state index in [4.69, 9.17) is 10.9 Å². The van der Waals surface area contributed by atoms with Crippen LogP contribution in [0.3, 0.4) is 0 Å². The van der Waals surface area contributed by atoms with Crippen molar-refractivity contribution in [3.63, 3.8) is 0 Å². The number of amides is 1. The Balaban J connectivity index is 3.03. The highest BCUT2D eigenvalue weighted by atomic mass is 16.4. The second kappa shape index (κ2) is 8.29. The Morgan fingerprint density at radius 2 is 2.05 bits per heavy atom. The summed E-state index contributed by atoms with van der Waals surface area (Å²) in [7, 11) is 0. The Bertz CT molecular complexity index is 500. The van der Waals surface area contributed by atoms with E-state index in [1.807, 2.05) is 4.90 Å². The van der Waals surface area contributed by atoms with Crippen LogP contribution in [-0.4, -0.2) is 34.4 Å². The lowest BCUT2D eigenvalue weighted by Crippen LogP contribution is -2.39. The fourth-order valence-electron chi connectivity index (χ4n) is 2.11. The van der Waals surface area contributed by atoms with Gasteiger partial charge >= 0.3 is 0 Å². The summed E-state index contributed by atoms with van der Waals surface area (Å²) in [6.45, 7) is 6.99. The van der Waals surface area contributed by atoms with Crippen molar-refractivity contribution in [3.8, 4) is 0 Å². The molecule has 0 radical (unpaired) electrons. The Hall–Kier alpha value is -2.04. The van der Waals surface area contributed by atoms with E-state index in [2.05, 4.69) is 25.9 Å². The van der Waals surface area contributed by atoms with Gasteiger partial charge in [-0.25, -0.2) is 0 Å². The van der Waals surface area contributed by atoms with Gasteiger partial charge in [0.15, 0.2) is 5.84 Å². The van der Waals surface area contributed by atoms with E-state index in [0.29, 0.717) is 11.1 Å². The van der Waals surface area contributed by atoms with Crippen molar-refractivity contribution in [3.05, 3.63) is 35.4 Å². The molecule has 0 bridgehead atoms. The lowest BCUT2D eigenvalue weighted by molar-refractivity contribution is 0.0685. The maximum atomic E-state index is 12.7. The van der Waals surface area contributed by atoms with Crippen molar-refractivity contribution >= 4 is 11.7 Å². The van der Waals surface area contributed by atoms with Crippen molar-refractivity contribution in [1.82, 2.24) is 4.90 Å². The minimum Gasteiger partial charge on any atom is -0.409 e. The third kappa shape index (κ3) is 4.48. The molecule has 5 heteroatoms. The minimum absolute atomic E-state index is 0.00768. The van der Waals surface area contributed by atoms with Crippen LogP contribution in [0.25, 0.3) is 0 Å². The molecular formula is C16H25N3O2. The third-order valence-electron chi connectivity index (χ3n) is 3.65. The average molecular weight is 291 g/mol. The molecule has 0 saturated carbocycles. The SMILES string of the molecule is CCCCN(C(=O)c1cccc(C(N)=NO)c1)C(C)CC. The predicted octanol–water partition coefficient (Wildman–Crippen LogP) is 2.82. The van der Waals surface area contributed by atoms with Gasteiger partial charge in [0, 0.05) is 23.7 Å². The maximum absolute atomic E-state index is 12.7. The third-order valence-corrected chi connectivity index (χ3v) is 3.65. The summed E-state index contributed by atoms with van der Waals surface area (Å²) in [5.41, 5.74) is 6.69. The highest BCUT2D eigenvalue weighted by Gasteiger charge is 2.20. The topological polar surface area (TPSA) is 78.9 Å². The number of hydrogen-bond donors (Lipinski definition) is 2. The van der Waals surface area contributed by atoms with E-state index >= 15 is 0 Å². The first-order valence-corrected chi connectivity index (χ1v) is 7.44. The van der Waals surface area contributed by atoms with Gasteiger partial charge in [-0.2, -0.15) is 0 Å². The molecule has 0 spiro atoms. The summed E-state index contributed by atoms with van der Waals surface area (Å²) in [6, 6.07) is 7.08. The van der Waals surface area contributed by atoms with Crippen molar-refractivity contribution < 1.29 is 10.0 Å². The first-order valence-electron chi connectivity index (χ1n) is 7.44. The number of nitrogens with two attached hydrogens (primary N) is 1. The molecule has 21 heavy (non-hydrogen) atoms. The van der Waals surface area contributed by atoms with Gasteiger partial charge in [0.1, 0.15) is 0 Å². The van der Waals surface area contributed by atoms with Crippen molar-refractivity contribution in [1.29, 1.82) is 0 Å². The Kier molecular flexibility index (Phi) is 6.72. The molecule has 0 aliphatic heterocycles. The van der Waals surface area contributed by atoms with Crippen molar-refractivity contribution in [2.75, 3.05) is 6.54 Å². The van der Waals surface area contributed by atoms with Gasteiger partial charge in [-0.05, 0) is 31.9 Å². The van der Waals surface area contributed by atoms with E-state index < -0.39 is 0 Å². The van der Waals surface area contributed by atoms with E-state index in [1.54, 1.807) is 24.3 Å². The largest absolute Gasteiger partial charge is 0.409 e. The quantitative estimate of drug-likeness (QED) is 0.351. The maximum Gasteiger partial charge on any atom is 0.254 e. The molecule has 0 aromatic heterocycles. The molecule has 0 fully saturated rings. The molecule has 3 N–H and O–H groups in total. The van der Waals surface area contributed by atoms with Gasteiger partial charge in [0.05, 0.1) is 0 Å². The van der Waals surface area contributed by atoms with Gasteiger partial charge in [-0.1, -0.05) is 37.6 Å². The van der Waals surface area contributed by atoms with Crippen LogP contribution in [0, 0.1) is 0 Å². The predicted molar refractivity (Wildman–Crippen MR) is 84.7 cm³/mol. The van der Waals surface area contributed by atoms with Gasteiger partial charge in [0.2, 0.25) is 0 Å². The number of carbonyl (C=O) groups is 1. The van der Waals surface area contributed by atoms with Gasteiger partial charge in [-0.3, -0.25) is 4.79 Å². The van der Waals surface area contributed by atoms with Gasteiger partial charge < -0.3 is 15.8 Å². The second-order valence-corrected chi connectivity index (χ2v) is 5.18. The molecule has 1 rings (SSSR count). The highest BCUT2D eigenvalue weighted by molar-refractivity contribution is 6.01. The monoisotopic (exact) mass is 291 g/mol. The fraction of sp³-hybridized carbons (Fsp3) is 0.500. The lowest BCUT2D eigenvalue weighted by atomic mass is 10.1. The first-order chi connectivity index (χ1) is 10.0. The molecule has 0 heterocycles. The zero-order valence-corrected chi connectivity index (χ0v) is 13.0. The number of benzene rings is 1. The number of rotatable bonds is 7. The second-order valence-electron chi connectivity index (χ2n) is 5.18. The zero-order valence-electron chi connectivity index (χ0n) is 13.0. The highest BCUT2D eigenvalue weighted by Crippen LogP contribution is 2.14. The number of nitrogens with zero attached hydrogens (tertiary/aromatic N) is 2. The molecule has 1 aromatic carbocycles. The molecule has 1 amide bonds. The summed E-state index contributed by atoms with van der Waals surface area (Å²) >= 11 is 0. The molecule has 5 nitrogen and oxygen atoms in total. The van der Waals surface area contributed by atoms with Crippen LogP contribution in [0.1, 0.15) is 56.0 Å².